The first-order chi connectivity index (χ1) is 9.68. The third-order valence-corrected chi connectivity index (χ3v) is 4.41. The zero-order valence-electron chi connectivity index (χ0n) is 12.6. The summed E-state index contributed by atoms with van der Waals surface area (Å²) in [6, 6.07) is 0.706. The van der Waals surface area contributed by atoms with E-state index >= 15 is 0 Å². The van der Waals surface area contributed by atoms with Gasteiger partial charge >= 0.3 is 0 Å². The molecule has 1 aromatic heterocycles. The van der Waals surface area contributed by atoms with Crippen LogP contribution in [-0.4, -0.2) is 45.9 Å². The lowest BCUT2D eigenvalue weighted by Gasteiger charge is -2.28. The third kappa shape index (κ3) is 3.04. The fourth-order valence-corrected chi connectivity index (χ4v) is 3.42. The molecule has 2 aliphatic rings. The van der Waals surface area contributed by atoms with E-state index < -0.39 is 0 Å². The molecular weight excluding hydrogens is 288 g/mol. The van der Waals surface area contributed by atoms with Crippen LogP contribution in [0.1, 0.15) is 55.1 Å². The lowest BCUT2D eigenvalue weighted by Crippen LogP contribution is -2.43. The quantitative estimate of drug-likeness (QED) is 0.907. The van der Waals surface area contributed by atoms with Gasteiger partial charge in [0, 0.05) is 24.8 Å². The van der Waals surface area contributed by atoms with Crippen LogP contribution in [0, 0.1) is 0 Å². The summed E-state index contributed by atoms with van der Waals surface area (Å²) < 4.78 is 0. The topological polar surface area (TPSA) is 58.1 Å². The number of hydrogen-bond acceptors (Lipinski definition) is 4. The van der Waals surface area contributed by atoms with E-state index in [0.717, 1.165) is 38.0 Å². The maximum atomic E-state index is 13.0. The average molecular weight is 311 g/mol. The predicted octanol–water partition coefficient (Wildman–Crippen LogP) is 1.99. The molecule has 0 aromatic carbocycles. The second-order valence-corrected chi connectivity index (χ2v) is 6.07. The molecule has 2 fully saturated rings. The van der Waals surface area contributed by atoms with E-state index in [4.69, 9.17) is 0 Å². The maximum absolute atomic E-state index is 13.0. The largest absolute Gasteiger partial charge is 0.331 e. The number of carbonyl (C=O) groups is 1. The normalized spacial score (nSPS) is 24.6. The molecule has 116 valence electrons. The van der Waals surface area contributed by atoms with Gasteiger partial charge in [-0.2, -0.15) is 0 Å². The number of fused-ring (bicyclic) bond motifs is 2. The first-order valence-corrected chi connectivity index (χ1v) is 7.51. The van der Waals surface area contributed by atoms with Gasteiger partial charge in [0.05, 0.1) is 11.3 Å². The van der Waals surface area contributed by atoms with Crippen molar-refractivity contribution in [1.29, 1.82) is 0 Å². The van der Waals surface area contributed by atoms with Crippen LogP contribution < -0.4 is 5.32 Å². The smallest absolute Gasteiger partial charge is 0.257 e. The summed E-state index contributed by atoms with van der Waals surface area (Å²) in [5.41, 5.74) is 1.54. The zero-order chi connectivity index (χ0) is 14.1. The summed E-state index contributed by atoms with van der Waals surface area (Å²) in [4.78, 5) is 23.4. The molecule has 2 unspecified atom stereocenters. The summed E-state index contributed by atoms with van der Waals surface area (Å²) in [6.45, 7) is 6.05. The second-order valence-electron chi connectivity index (χ2n) is 6.07. The first-order valence-electron chi connectivity index (χ1n) is 7.51. The van der Waals surface area contributed by atoms with E-state index in [0.29, 0.717) is 17.6 Å². The Balaban J connectivity index is 0.00000161. The number of hydrogen-bond donors (Lipinski definition) is 1. The van der Waals surface area contributed by atoms with Crippen molar-refractivity contribution in [3.8, 4) is 0 Å². The SMILES string of the molecule is CC(C)c1ncncc1C(=O)N1C2CCNCC1CC2.Cl. The van der Waals surface area contributed by atoms with Gasteiger partial charge in [0.25, 0.3) is 5.91 Å². The molecule has 2 atom stereocenters. The van der Waals surface area contributed by atoms with Crippen LogP contribution in [-0.2, 0) is 0 Å². The molecule has 0 radical (unpaired) electrons. The highest BCUT2D eigenvalue weighted by molar-refractivity contribution is 5.95. The standard InChI is InChI=1S/C15H22N4O.ClH/c1-10(2)14-13(8-17-9-18-14)15(20)19-11-3-4-12(19)7-16-6-5-11;/h8-12,16H,3-7H2,1-2H3;1H. The van der Waals surface area contributed by atoms with Gasteiger partial charge in [0.15, 0.2) is 0 Å². The fourth-order valence-electron chi connectivity index (χ4n) is 3.42. The highest BCUT2D eigenvalue weighted by Crippen LogP contribution is 2.30. The minimum absolute atomic E-state index is 0. The minimum Gasteiger partial charge on any atom is -0.331 e. The van der Waals surface area contributed by atoms with Gasteiger partial charge in [-0.25, -0.2) is 9.97 Å². The number of nitrogens with one attached hydrogen (secondary N) is 1. The van der Waals surface area contributed by atoms with Crippen LogP contribution in [0.5, 0.6) is 0 Å². The molecule has 1 aromatic rings. The summed E-state index contributed by atoms with van der Waals surface area (Å²) >= 11 is 0. The zero-order valence-corrected chi connectivity index (χ0v) is 13.4. The van der Waals surface area contributed by atoms with Gasteiger partial charge in [-0.15, -0.1) is 12.4 Å². The Morgan fingerprint density at radius 2 is 2.10 bits per heavy atom. The molecule has 21 heavy (non-hydrogen) atoms. The van der Waals surface area contributed by atoms with Crippen molar-refractivity contribution in [1.82, 2.24) is 20.2 Å². The predicted molar refractivity (Wildman–Crippen MR) is 83.8 cm³/mol. The number of nitrogens with zero attached hydrogens (tertiary/aromatic N) is 3. The molecule has 3 heterocycles. The van der Waals surface area contributed by atoms with Crippen molar-refractivity contribution >= 4 is 18.3 Å². The molecule has 0 spiro atoms. The van der Waals surface area contributed by atoms with Crippen LogP contribution in [0.2, 0.25) is 0 Å². The number of carbonyl (C=O) groups excluding carboxylic acids is 1. The molecule has 0 aliphatic carbocycles. The Hall–Kier alpha value is -1.20. The summed E-state index contributed by atoms with van der Waals surface area (Å²) in [6.07, 6.45) is 6.50. The van der Waals surface area contributed by atoms with Crippen LogP contribution in [0.15, 0.2) is 12.5 Å². The van der Waals surface area contributed by atoms with E-state index in [-0.39, 0.29) is 24.2 Å². The van der Waals surface area contributed by atoms with Crippen molar-refractivity contribution in [2.45, 2.75) is 51.1 Å². The van der Waals surface area contributed by atoms with E-state index in [9.17, 15) is 4.79 Å². The first kappa shape index (κ1) is 16.2. The van der Waals surface area contributed by atoms with Gasteiger partial charge in [-0.05, 0) is 31.7 Å². The van der Waals surface area contributed by atoms with Crippen molar-refractivity contribution < 1.29 is 4.79 Å². The van der Waals surface area contributed by atoms with E-state index in [2.05, 4.69) is 34.0 Å². The van der Waals surface area contributed by atoms with E-state index in [1.165, 1.54) is 6.33 Å². The highest BCUT2D eigenvalue weighted by Gasteiger charge is 2.39. The second kappa shape index (κ2) is 6.71. The Bertz CT molecular complexity index is 494. The number of halogens is 1. The number of amides is 1. The fraction of sp³-hybridized carbons (Fsp3) is 0.667. The van der Waals surface area contributed by atoms with Gasteiger partial charge in [0.2, 0.25) is 0 Å². The molecule has 2 saturated heterocycles. The Labute approximate surface area is 131 Å². The Morgan fingerprint density at radius 3 is 2.86 bits per heavy atom. The number of aromatic nitrogens is 2. The van der Waals surface area contributed by atoms with Crippen molar-refractivity contribution in [2.24, 2.45) is 0 Å². The monoisotopic (exact) mass is 310 g/mol. The maximum Gasteiger partial charge on any atom is 0.257 e. The molecule has 0 saturated carbocycles. The molecule has 2 aliphatic heterocycles. The summed E-state index contributed by atoms with van der Waals surface area (Å²) in [5, 5.41) is 3.43. The van der Waals surface area contributed by atoms with Gasteiger partial charge < -0.3 is 10.2 Å². The van der Waals surface area contributed by atoms with Gasteiger partial charge in [0.1, 0.15) is 6.33 Å². The third-order valence-electron chi connectivity index (χ3n) is 4.41. The van der Waals surface area contributed by atoms with Gasteiger partial charge in [-0.1, -0.05) is 13.8 Å². The van der Waals surface area contributed by atoms with Crippen LogP contribution >= 0.6 is 12.4 Å². The molecule has 5 nitrogen and oxygen atoms in total. The van der Waals surface area contributed by atoms with Crippen LogP contribution in [0.3, 0.4) is 0 Å². The molecule has 1 N–H and O–H groups in total. The van der Waals surface area contributed by atoms with Crippen LogP contribution in [0.25, 0.3) is 0 Å². The molecular formula is C15H23ClN4O. The Morgan fingerprint density at radius 1 is 1.33 bits per heavy atom. The van der Waals surface area contributed by atoms with Crippen LogP contribution in [0.4, 0.5) is 0 Å². The van der Waals surface area contributed by atoms with E-state index in [1.807, 2.05) is 0 Å². The molecule has 3 rings (SSSR count). The van der Waals surface area contributed by atoms with Gasteiger partial charge in [-0.3, -0.25) is 4.79 Å². The van der Waals surface area contributed by atoms with Crippen molar-refractivity contribution in [3.63, 3.8) is 0 Å². The highest BCUT2D eigenvalue weighted by atomic mass is 35.5. The average Bonchev–Trinajstić information content (AvgIpc) is 2.71. The molecule has 1 amide bonds. The van der Waals surface area contributed by atoms with E-state index in [1.54, 1.807) is 6.20 Å². The molecule has 6 heteroatoms. The lowest BCUT2D eigenvalue weighted by molar-refractivity contribution is 0.0677. The number of rotatable bonds is 2. The summed E-state index contributed by atoms with van der Waals surface area (Å²) in [5.74, 6) is 0.352. The minimum atomic E-state index is 0. The molecule has 2 bridgehead atoms. The Kier molecular flexibility index (Phi) is 5.17. The lowest BCUT2D eigenvalue weighted by atomic mass is 10.0. The van der Waals surface area contributed by atoms with Crippen molar-refractivity contribution in [3.05, 3.63) is 23.8 Å². The van der Waals surface area contributed by atoms with Crippen molar-refractivity contribution in [2.75, 3.05) is 13.1 Å². The summed E-state index contributed by atoms with van der Waals surface area (Å²) in [7, 11) is 0.